The summed E-state index contributed by atoms with van der Waals surface area (Å²) in [6.07, 6.45) is 1.43. The SMILES string of the molecule is CCN(CC)c1ccc2c(c1)O[B-](F)(F)[N+](c1nc3ccccc3s1)=C2. The van der Waals surface area contributed by atoms with Gasteiger partial charge in [0.2, 0.25) is 0 Å². The van der Waals surface area contributed by atoms with Crippen molar-refractivity contribution in [3.05, 3.63) is 48.0 Å². The smallest absolute Gasteiger partial charge is 0.622 e. The van der Waals surface area contributed by atoms with Crippen LogP contribution in [0.25, 0.3) is 10.2 Å². The molecule has 0 N–H and O–H groups in total. The van der Waals surface area contributed by atoms with Gasteiger partial charge >= 0.3 is 12.2 Å². The number of hydrogen-bond acceptors (Lipinski definition) is 4. The lowest BCUT2D eigenvalue weighted by atomic mass is 10.0. The summed E-state index contributed by atoms with van der Waals surface area (Å²) in [5, 5.41) is 0.231. The lowest BCUT2D eigenvalue weighted by Gasteiger charge is -2.31. The third kappa shape index (κ3) is 2.84. The van der Waals surface area contributed by atoms with Gasteiger partial charge in [0.25, 0.3) is 0 Å². The van der Waals surface area contributed by atoms with Crippen LogP contribution >= 0.6 is 11.3 Å². The van der Waals surface area contributed by atoms with E-state index in [9.17, 15) is 8.63 Å². The Bertz CT molecular complexity index is 968. The third-order valence-corrected chi connectivity index (χ3v) is 5.55. The Kier molecular flexibility index (Phi) is 4.15. The van der Waals surface area contributed by atoms with Gasteiger partial charge in [-0.1, -0.05) is 12.1 Å². The minimum Gasteiger partial charge on any atom is -0.622 e. The number of halogens is 2. The molecule has 1 aliphatic rings. The van der Waals surface area contributed by atoms with E-state index in [1.165, 1.54) is 17.6 Å². The Hall–Kier alpha value is -2.48. The Morgan fingerprint density at radius 1 is 1.15 bits per heavy atom. The van der Waals surface area contributed by atoms with Gasteiger partial charge in [0.1, 0.15) is 0 Å². The molecule has 0 saturated carbocycles. The van der Waals surface area contributed by atoms with Crippen molar-refractivity contribution in [2.45, 2.75) is 13.8 Å². The predicted octanol–water partition coefficient (Wildman–Crippen LogP) is 4.67. The molecule has 1 aliphatic heterocycles. The maximum Gasteiger partial charge on any atom is 0.734 e. The minimum absolute atomic E-state index is 0.205. The van der Waals surface area contributed by atoms with Crippen LogP contribution in [-0.2, 0) is 0 Å². The quantitative estimate of drug-likeness (QED) is 0.622. The van der Waals surface area contributed by atoms with Crippen molar-refractivity contribution < 1.29 is 17.8 Å². The standard InChI is InChI=1S/C18H18BF2N3OS/c1-3-23(4-2)14-10-9-13-12-24(19(20,21)25-16(13)11-14)18-22-15-7-5-6-8-17(15)26-18/h5-12H,3-4H2,1-2H3. The molecular formula is C18H18BF2N3OS. The average molecular weight is 373 g/mol. The molecule has 0 atom stereocenters. The van der Waals surface area contributed by atoms with Crippen molar-refractivity contribution in [1.82, 2.24) is 4.98 Å². The Balaban J connectivity index is 1.79. The second kappa shape index (κ2) is 6.35. The molecule has 0 spiro atoms. The highest BCUT2D eigenvalue weighted by Crippen LogP contribution is 2.36. The number of nitrogens with zero attached hydrogens (tertiary/aromatic N) is 3. The molecule has 26 heavy (non-hydrogen) atoms. The summed E-state index contributed by atoms with van der Waals surface area (Å²) in [6, 6.07) is 12.8. The van der Waals surface area contributed by atoms with Crippen LogP contribution in [0.2, 0.25) is 0 Å². The molecule has 134 valence electrons. The van der Waals surface area contributed by atoms with Gasteiger partial charge in [-0.15, -0.1) is 0 Å². The fourth-order valence-electron chi connectivity index (χ4n) is 3.12. The van der Waals surface area contributed by atoms with Gasteiger partial charge in [0.15, 0.2) is 5.52 Å². The molecule has 2 heterocycles. The lowest BCUT2D eigenvalue weighted by molar-refractivity contribution is -0.343. The van der Waals surface area contributed by atoms with E-state index in [1.807, 2.05) is 50.2 Å². The number of rotatable bonds is 4. The van der Waals surface area contributed by atoms with E-state index in [-0.39, 0.29) is 10.9 Å². The van der Waals surface area contributed by atoms with Crippen molar-refractivity contribution in [3.8, 4) is 5.75 Å². The number of fused-ring (bicyclic) bond motifs is 2. The largest absolute Gasteiger partial charge is 0.734 e. The maximum atomic E-state index is 14.7. The molecule has 8 heteroatoms. The number of benzene rings is 2. The first-order valence-corrected chi connectivity index (χ1v) is 9.41. The van der Waals surface area contributed by atoms with Crippen LogP contribution in [0, 0.1) is 0 Å². The van der Waals surface area contributed by atoms with Crippen molar-refractivity contribution in [2.24, 2.45) is 0 Å². The Morgan fingerprint density at radius 3 is 2.65 bits per heavy atom. The maximum absolute atomic E-state index is 14.7. The van der Waals surface area contributed by atoms with Gasteiger partial charge in [0, 0.05) is 24.3 Å². The first kappa shape index (κ1) is 17.0. The van der Waals surface area contributed by atoms with E-state index in [2.05, 4.69) is 9.88 Å². The van der Waals surface area contributed by atoms with Crippen molar-refractivity contribution >= 4 is 45.6 Å². The lowest BCUT2D eigenvalue weighted by Crippen LogP contribution is -2.46. The van der Waals surface area contributed by atoms with E-state index in [4.69, 9.17) is 4.65 Å². The van der Waals surface area contributed by atoms with Crippen molar-refractivity contribution in [1.29, 1.82) is 0 Å². The first-order valence-electron chi connectivity index (χ1n) is 8.60. The fraction of sp³-hybridized carbons (Fsp3) is 0.222. The monoisotopic (exact) mass is 373 g/mol. The van der Waals surface area contributed by atoms with Crippen LogP contribution < -0.4 is 9.55 Å². The number of para-hydroxylation sites is 1. The fourth-order valence-corrected chi connectivity index (χ4v) is 4.10. The summed E-state index contributed by atoms with van der Waals surface area (Å²) >= 11 is 1.23. The normalized spacial score (nSPS) is 15.3. The Morgan fingerprint density at radius 2 is 1.92 bits per heavy atom. The van der Waals surface area contributed by atoms with Crippen molar-refractivity contribution in [2.75, 3.05) is 18.0 Å². The molecule has 1 aromatic heterocycles. The second-order valence-electron chi connectivity index (χ2n) is 6.07. The Labute approximate surface area is 154 Å². The zero-order valence-electron chi connectivity index (χ0n) is 14.5. The highest BCUT2D eigenvalue weighted by molar-refractivity contribution is 7.21. The van der Waals surface area contributed by atoms with Crippen LogP contribution in [0.1, 0.15) is 19.4 Å². The number of thiazole rings is 1. The van der Waals surface area contributed by atoms with E-state index in [1.54, 1.807) is 6.07 Å². The van der Waals surface area contributed by atoms with E-state index >= 15 is 0 Å². The van der Waals surface area contributed by atoms with Gasteiger partial charge in [0.05, 0.1) is 16.7 Å². The van der Waals surface area contributed by atoms with E-state index in [0.717, 1.165) is 28.0 Å². The van der Waals surface area contributed by atoms with Gasteiger partial charge in [-0.25, -0.2) is 0 Å². The molecule has 0 radical (unpaired) electrons. The summed E-state index contributed by atoms with van der Waals surface area (Å²) in [6.45, 7) is 5.67. The molecule has 0 fully saturated rings. The summed E-state index contributed by atoms with van der Waals surface area (Å²) in [5.41, 5.74) is 2.20. The average Bonchev–Trinajstić information content (AvgIpc) is 3.05. The summed E-state index contributed by atoms with van der Waals surface area (Å²) in [4.78, 5) is 6.43. The number of anilines is 1. The molecule has 2 aromatic carbocycles. The highest BCUT2D eigenvalue weighted by atomic mass is 32.1. The van der Waals surface area contributed by atoms with Crippen LogP contribution in [0.5, 0.6) is 5.75 Å². The molecular weight excluding hydrogens is 355 g/mol. The van der Waals surface area contributed by atoms with Gasteiger partial charge in [-0.05, 0) is 60.5 Å². The summed E-state index contributed by atoms with van der Waals surface area (Å²) in [7, 11) is -4.24. The molecule has 0 unspecified atom stereocenters. The molecule has 0 aliphatic carbocycles. The highest BCUT2D eigenvalue weighted by Gasteiger charge is 2.46. The molecule has 4 rings (SSSR count). The van der Waals surface area contributed by atoms with Crippen LogP contribution in [-0.4, -0.2) is 35.8 Å². The molecule has 0 bridgehead atoms. The van der Waals surface area contributed by atoms with Crippen LogP contribution in [0.15, 0.2) is 42.5 Å². The molecule has 3 aromatic rings. The zero-order chi connectivity index (χ0) is 18.3. The summed E-state index contributed by atoms with van der Waals surface area (Å²) in [5.74, 6) is 0.205. The first-order chi connectivity index (χ1) is 12.5. The minimum atomic E-state index is -4.24. The van der Waals surface area contributed by atoms with E-state index in [0.29, 0.717) is 11.1 Å². The van der Waals surface area contributed by atoms with Gasteiger partial charge in [-0.2, -0.15) is 0 Å². The van der Waals surface area contributed by atoms with Crippen LogP contribution in [0.3, 0.4) is 0 Å². The zero-order valence-corrected chi connectivity index (χ0v) is 15.3. The van der Waals surface area contributed by atoms with E-state index < -0.39 is 7.04 Å². The van der Waals surface area contributed by atoms with Gasteiger partial charge < -0.3 is 22.7 Å². The van der Waals surface area contributed by atoms with Crippen LogP contribution in [0.4, 0.5) is 19.5 Å². The predicted molar refractivity (Wildman–Crippen MR) is 103 cm³/mol. The molecule has 0 saturated heterocycles. The topological polar surface area (TPSA) is 28.4 Å². The molecule has 4 nitrogen and oxygen atoms in total. The second-order valence-corrected chi connectivity index (χ2v) is 7.08. The van der Waals surface area contributed by atoms with Crippen molar-refractivity contribution in [3.63, 3.8) is 0 Å². The summed E-state index contributed by atoms with van der Waals surface area (Å²) < 4.78 is 36.3. The third-order valence-electron chi connectivity index (χ3n) is 4.50. The molecule has 0 amide bonds. The number of hydrogen-bond donors (Lipinski definition) is 0. The van der Waals surface area contributed by atoms with Gasteiger partial charge in [-0.3, -0.25) is 0 Å². The number of aromatic nitrogens is 1.